The maximum Gasteiger partial charge on any atom is 0.340 e. The van der Waals surface area contributed by atoms with Gasteiger partial charge in [0, 0.05) is 24.5 Å². The Balaban J connectivity index is 1.77. The van der Waals surface area contributed by atoms with Gasteiger partial charge in [-0.1, -0.05) is 12.1 Å². The fourth-order valence-corrected chi connectivity index (χ4v) is 2.10. The molecular formula is C18H17F2N3O4. The van der Waals surface area contributed by atoms with E-state index >= 15 is 0 Å². The van der Waals surface area contributed by atoms with E-state index in [0.29, 0.717) is 5.69 Å². The molecule has 0 heterocycles. The lowest BCUT2D eigenvalue weighted by molar-refractivity contribution is -0.126. The van der Waals surface area contributed by atoms with Gasteiger partial charge in [0.1, 0.15) is 0 Å². The van der Waals surface area contributed by atoms with Crippen molar-refractivity contribution in [2.75, 3.05) is 30.8 Å². The number of hydrogen-bond acceptors (Lipinski definition) is 5. The number of amides is 2. The van der Waals surface area contributed by atoms with Gasteiger partial charge in [-0.05, 0) is 24.3 Å². The highest BCUT2D eigenvalue weighted by atomic mass is 19.2. The third-order valence-electron chi connectivity index (χ3n) is 3.40. The summed E-state index contributed by atoms with van der Waals surface area (Å²) in [6, 6.07) is 9.48. The number of rotatable bonds is 7. The van der Waals surface area contributed by atoms with Crippen molar-refractivity contribution < 1.29 is 27.9 Å². The van der Waals surface area contributed by atoms with Crippen LogP contribution in [0, 0.1) is 11.6 Å². The van der Waals surface area contributed by atoms with Crippen molar-refractivity contribution >= 4 is 29.2 Å². The molecule has 0 aliphatic heterocycles. The molecule has 2 aromatic carbocycles. The van der Waals surface area contributed by atoms with Crippen LogP contribution in [-0.2, 0) is 14.3 Å². The zero-order valence-corrected chi connectivity index (χ0v) is 14.3. The first-order valence-corrected chi connectivity index (χ1v) is 7.86. The molecule has 3 N–H and O–H groups in total. The number of carbonyl (C=O) groups is 3. The smallest absolute Gasteiger partial charge is 0.340 e. The van der Waals surface area contributed by atoms with Crippen LogP contribution in [0.25, 0.3) is 0 Å². The van der Waals surface area contributed by atoms with Gasteiger partial charge in [0.2, 0.25) is 5.91 Å². The Kier molecular flexibility index (Phi) is 6.81. The van der Waals surface area contributed by atoms with Crippen molar-refractivity contribution in [1.82, 2.24) is 5.32 Å². The molecule has 27 heavy (non-hydrogen) atoms. The molecule has 0 bridgehead atoms. The first kappa shape index (κ1) is 19.8. The van der Waals surface area contributed by atoms with E-state index in [4.69, 9.17) is 4.74 Å². The highest BCUT2D eigenvalue weighted by Crippen LogP contribution is 2.15. The van der Waals surface area contributed by atoms with E-state index in [9.17, 15) is 23.2 Å². The number of carbonyl (C=O) groups excluding carboxylic acids is 3. The maximum atomic E-state index is 13.1. The Hall–Kier alpha value is -3.49. The van der Waals surface area contributed by atoms with Gasteiger partial charge >= 0.3 is 5.97 Å². The maximum absolute atomic E-state index is 13.1. The van der Waals surface area contributed by atoms with Crippen LogP contribution in [0.2, 0.25) is 0 Å². The van der Waals surface area contributed by atoms with E-state index in [2.05, 4.69) is 16.0 Å². The Labute approximate surface area is 153 Å². The Morgan fingerprint density at radius 2 is 1.74 bits per heavy atom. The first-order chi connectivity index (χ1) is 12.9. The van der Waals surface area contributed by atoms with Crippen molar-refractivity contribution in [1.29, 1.82) is 0 Å². The average molecular weight is 377 g/mol. The van der Waals surface area contributed by atoms with Gasteiger partial charge in [-0.15, -0.1) is 0 Å². The quantitative estimate of drug-likeness (QED) is 0.641. The Morgan fingerprint density at radius 3 is 2.44 bits per heavy atom. The van der Waals surface area contributed by atoms with Crippen LogP contribution in [0.4, 0.5) is 20.2 Å². The summed E-state index contributed by atoms with van der Waals surface area (Å²) >= 11 is 0. The van der Waals surface area contributed by atoms with Crippen molar-refractivity contribution in [3.8, 4) is 0 Å². The van der Waals surface area contributed by atoms with E-state index in [1.807, 2.05) is 0 Å². The number of nitrogens with one attached hydrogen (secondary N) is 3. The molecule has 2 aromatic rings. The predicted molar refractivity (Wildman–Crippen MR) is 94.3 cm³/mol. The SMILES string of the molecule is CNc1ccccc1C(=O)OCC(=O)NCC(=O)Nc1ccc(F)c(F)c1. The highest BCUT2D eigenvalue weighted by molar-refractivity contribution is 5.97. The Bertz CT molecular complexity index is 858. The van der Waals surface area contributed by atoms with Gasteiger partial charge < -0.3 is 20.7 Å². The summed E-state index contributed by atoms with van der Waals surface area (Å²) in [7, 11) is 1.64. The van der Waals surface area contributed by atoms with Crippen LogP contribution < -0.4 is 16.0 Å². The zero-order chi connectivity index (χ0) is 19.8. The monoisotopic (exact) mass is 377 g/mol. The third kappa shape index (κ3) is 5.77. The van der Waals surface area contributed by atoms with Gasteiger partial charge in [-0.3, -0.25) is 9.59 Å². The van der Waals surface area contributed by atoms with E-state index in [1.54, 1.807) is 31.3 Å². The number of anilines is 2. The molecule has 0 aliphatic carbocycles. The second kappa shape index (κ2) is 9.27. The molecule has 0 aromatic heterocycles. The van der Waals surface area contributed by atoms with Gasteiger partial charge in [-0.2, -0.15) is 0 Å². The summed E-state index contributed by atoms with van der Waals surface area (Å²) in [5, 5.41) is 7.38. The molecule has 2 rings (SSSR count). The topological polar surface area (TPSA) is 96.5 Å². The summed E-state index contributed by atoms with van der Waals surface area (Å²) in [5.74, 6) is -4.18. The number of halogens is 2. The third-order valence-corrected chi connectivity index (χ3v) is 3.40. The zero-order valence-electron chi connectivity index (χ0n) is 14.3. The number of ether oxygens (including phenoxy) is 1. The van der Waals surface area contributed by atoms with E-state index in [-0.39, 0.29) is 11.3 Å². The number of esters is 1. The largest absolute Gasteiger partial charge is 0.452 e. The van der Waals surface area contributed by atoms with Crippen LogP contribution in [-0.4, -0.2) is 38.0 Å². The fraction of sp³-hybridized carbons (Fsp3) is 0.167. The average Bonchev–Trinajstić information content (AvgIpc) is 2.67. The molecule has 0 saturated heterocycles. The summed E-state index contributed by atoms with van der Waals surface area (Å²) in [5.41, 5.74) is 0.862. The molecule has 9 heteroatoms. The fourth-order valence-electron chi connectivity index (χ4n) is 2.10. The van der Waals surface area contributed by atoms with E-state index in [0.717, 1.165) is 12.1 Å². The first-order valence-electron chi connectivity index (χ1n) is 7.86. The Morgan fingerprint density at radius 1 is 1.00 bits per heavy atom. The van der Waals surface area contributed by atoms with Gasteiger partial charge in [0.05, 0.1) is 12.1 Å². The van der Waals surface area contributed by atoms with Crippen molar-refractivity contribution in [2.24, 2.45) is 0 Å². The van der Waals surface area contributed by atoms with Crippen molar-refractivity contribution in [3.63, 3.8) is 0 Å². The molecule has 0 radical (unpaired) electrons. The van der Waals surface area contributed by atoms with Crippen LogP contribution >= 0.6 is 0 Å². The minimum atomic E-state index is -1.11. The lowest BCUT2D eigenvalue weighted by Crippen LogP contribution is -2.35. The van der Waals surface area contributed by atoms with Gasteiger partial charge in [0.25, 0.3) is 5.91 Å². The van der Waals surface area contributed by atoms with Crippen LogP contribution in [0.5, 0.6) is 0 Å². The van der Waals surface area contributed by atoms with Gasteiger partial charge in [0.15, 0.2) is 18.2 Å². The minimum Gasteiger partial charge on any atom is -0.452 e. The molecule has 0 unspecified atom stereocenters. The van der Waals surface area contributed by atoms with Crippen molar-refractivity contribution in [2.45, 2.75) is 0 Å². The molecule has 7 nitrogen and oxygen atoms in total. The number of benzene rings is 2. The van der Waals surface area contributed by atoms with E-state index < -0.39 is 42.6 Å². The molecule has 0 spiro atoms. The molecule has 0 atom stereocenters. The standard InChI is InChI=1S/C18H17F2N3O4/c1-21-15-5-3-2-4-12(15)18(26)27-10-17(25)22-9-16(24)23-11-6-7-13(19)14(20)8-11/h2-8,21H,9-10H2,1H3,(H,22,25)(H,23,24). The van der Waals surface area contributed by atoms with Gasteiger partial charge in [-0.25, -0.2) is 13.6 Å². The summed E-state index contributed by atoms with van der Waals surface area (Å²) in [4.78, 5) is 35.4. The highest BCUT2D eigenvalue weighted by Gasteiger charge is 2.14. The van der Waals surface area contributed by atoms with Crippen LogP contribution in [0.1, 0.15) is 10.4 Å². The summed E-state index contributed by atoms with van der Waals surface area (Å²) in [6.45, 7) is -1.00. The normalized spacial score (nSPS) is 10.0. The second-order valence-electron chi connectivity index (χ2n) is 5.33. The van der Waals surface area contributed by atoms with E-state index in [1.165, 1.54) is 6.07 Å². The minimum absolute atomic E-state index is 0.0447. The summed E-state index contributed by atoms with van der Waals surface area (Å²) < 4.78 is 30.8. The molecule has 2 amide bonds. The number of hydrogen-bond donors (Lipinski definition) is 3. The molecule has 0 saturated carbocycles. The molecule has 142 valence electrons. The van der Waals surface area contributed by atoms with Crippen LogP contribution in [0.3, 0.4) is 0 Å². The lowest BCUT2D eigenvalue weighted by atomic mass is 10.2. The van der Waals surface area contributed by atoms with Crippen molar-refractivity contribution in [3.05, 3.63) is 59.7 Å². The second-order valence-corrected chi connectivity index (χ2v) is 5.33. The predicted octanol–water partition coefficient (Wildman–Crippen LogP) is 1.92. The summed E-state index contributed by atoms with van der Waals surface area (Å²) in [6.07, 6.45) is 0. The lowest BCUT2D eigenvalue weighted by Gasteiger charge is -2.10. The number of para-hydroxylation sites is 1. The molecule has 0 aliphatic rings. The molecular weight excluding hydrogens is 360 g/mol. The van der Waals surface area contributed by atoms with Crippen LogP contribution in [0.15, 0.2) is 42.5 Å². The molecule has 0 fully saturated rings.